The Bertz CT molecular complexity index is 466. The molecule has 0 spiro atoms. The summed E-state index contributed by atoms with van der Waals surface area (Å²) in [5.41, 5.74) is 2.43. The van der Waals surface area contributed by atoms with Crippen LogP contribution in [0.15, 0.2) is 73.3 Å². The van der Waals surface area contributed by atoms with E-state index in [9.17, 15) is 4.80 Å². The molecular weight excluding hydrogens is 248 g/mol. The third kappa shape index (κ3) is 4.19. The van der Waals surface area contributed by atoms with Crippen molar-refractivity contribution in [3.63, 3.8) is 0 Å². The van der Waals surface area contributed by atoms with E-state index in [-0.39, 0.29) is 0 Å². The van der Waals surface area contributed by atoms with E-state index in [0.29, 0.717) is 0 Å². The van der Waals surface area contributed by atoms with Crippen molar-refractivity contribution in [1.29, 1.82) is 0 Å². The third-order valence-electron chi connectivity index (χ3n) is 3.28. The van der Waals surface area contributed by atoms with Gasteiger partial charge in [0.25, 0.3) is 0 Å². The summed E-state index contributed by atoms with van der Waals surface area (Å²) in [5, 5.41) is 0. The molecule has 2 aromatic rings. The van der Waals surface area contributed by atoms with Crippen molar-refractivity contribution >= 4 is 8.32 Å². The largest absolute Gasteiger partial charge is 0.431 e. The fourth-order valence-electron chi connectivity index (χ4n) is 2.43. The highest BCUT2D eigenvalue weighted by Crippen LogP contribution is 2.19. The van der Waals surface area contributed by atoms with Gasteiger partial charge in [-0.25, -0.2) is 0 Å². The van der Waals surface area contributed by atoms with Gasteiger partial charge < -0.3 is 4.80 Å². The maximum Gasteiger partial charge on any atom is 0.200 e. The highest BCUT2D eigenvalue weighted by Gasteiger charge is 2.30. The fourth-order valence-corrected chi connectivity index (χ4v) is 5.37. The number of rotatable bonds is 6. The Labute approximate surface area is 116 Å². The first-order chi connectivity index (χ1) is 9.22. The predicted octanol–water partition coefficient (Wildman–Crippen LogP) is 3.67. The van der Waals surface area contributed by atoms with Crippen LogP contribution < -0.4 is 0 Å². The van der Waals surface area contributed by atoms with Crippen LogP contribution >= 0.6 is 0 Å². The first-order valence-corrected chi connectivity index (χ1v) is 9.20. The molecule has 0 bridgehead atoms. The van der Waals surface area contributed by atoms with E-state index in [0.717, 1.165) is 18.1 Å². The van der Waals surface area contributed by atoms with Crippen molar-refractivity contribution in [3.05, 3.63) is 84.4 Å². The standard InChI is InChI=1S/C17H20OSi/c1-2-13-19(18,14-16-9-5-3-6-10-16)15-17-11-7-4-8-12-17/h2-12,18H,1,13-15H2. The number of hydrogen-bond acceptors (Lipinski definition) is 1. The van der Waals surface area contributed by atoms with Crippen LogP contribution in [0.1, 0.15) is 11.1 Å². The summed E-state index contributed by atoms with van der Waals surface area (Å²) < 4.78 is 0. The molecule has 0 radical (unpaired) electrons. The average molecular weight is 268 g/mol. The van der Waals surface area contributed by atoms with E-state index in [1.54, 1.807) is 0 Å². The molecule has 2 heteroatoms. The van der Waals surface area contributed by atoms with Crippen LogP contribution in [-0.2, 0) is 12.1 Å². The van der Waals surface area contributed by atoms with Crippen molar-refractivity contribution < 1.29 is 4.80 Å². The van der Waals surface area contributed by atoms with Gasteiger partial charge in [0, 0.05) is 0 Å². The Morgan fingerprint density at radius 2 is 1.26 bits per heavy atom. The van der Waals surface area contributed by atoms with Gasteiger partial charge in [0.2, 0.25) is 8.32 Å². The van der Waals surface area contributed by atoms with E-state index < -0.39 is 8.32 Å². The second-order valence-electron chi connectivity index (χ2n) is 5.04. The van der Waals surface area contributed by atoms with Gasteiger partial charge in [-0.1, -0.05) is 66.7 Å². The molecule has 0 aliphatic rings. The lowest BCUT2D eigenvalue weighted by Crippen LogP contribution is -2.40. The molecule has 0 aliphatic carbocycles. The van der Waals surface area contributed by atoms with Crippen molar-refractivity contribution in [2.24, 2.45) is 0 Å². The molecule has 0 amide bonds. The van der Waals surface area contributed by atoms with Gasteiger partial charge in [-0.15, -0.1) is 6.58 Å². The second-order valence-corrected chi connectivity index (χ2v) is 8.61. The minimum atomic E-state index is -2.35. The molecule has 0 heterocycles. The Morgan fingerprint density at radius 3 is 1.63 bits per heavy atom. The SMILES string of the molecule is C=CC[Si](O)(Cc1ccccc1)Cc1ccccc1. The second kappa shape index (κ2) is 6.50. The predicted molar refractivity (Wildman–Crippen MR) is 83.3 cm³/mol. The summed E-state index contributed by atoms with van der Waals surface area (Å²) in [7, 11) is -2.35. The van der Waals surface area contributed by atoms with Gasteiger partial charge >= 0.3 is 0 Å². The lowest BCUT2D eigenvalue weighted by Gasteiger charge is -2.24. The highest BCUT2D eigenvalue weighted by atomic mass is 28.4. The van der Waals surface area contributed by atoms with Gasteiger partial charge in [-0.05, 0) is 29.3 Å². The molecule has 0 saturated heterocycles. The number of allylic oxidation sites excluding steroid dienone is 1. The Hall–Kier alpha value is -1.64. The van der Waals surface area contributed by atoms with Crippen LogP contribution in [0.3, 0.4) is 0 Å². The van der Waals surface area contributed by atoms with Gasteiger partial charge in [-0.2, -0.15) is 0 Å². The molecule has 0 unspecified atom stereocenters. The average Bonchev–Trinajstić information content (AvgIpc) is 2.41. The summed E-state index contributed by atoms with van der Waals surface area (Å²) in [4.78, 5) is 11.0. The molecule has 0 atom stereocenters. The molecule has 1 nitrogen and oxygen atoms in total. The molecule has 19 heavy (non-hydrogen) atoms. The Morgan fingerprint density at radius 1 is 0.842 bits per heavy atom. The van der Waals surface area contributed by atoms with Crippen LogP contribution in [0.5, 0.6) is 0 Å². The summed E-state index contributed by atoms with van der Waals surface area (Å²) in [5.74, 6) is 0. The zero-order valence-electron chi connectivity index (χ0n) is 11.1. The van der Waals surface area contributed by atoms with Gasteiger partial charge in [-0.3, -0.25) is 0 Å². The fraction of sp³-hybridized carbons (Fsp3) is 0.176. The molecular formula is C17H20OSi. The van der Waals surface area contributed by atoms with Crippen molar-refractivity contribution in [2.75, 3.05) is 0 Å². The number of benzene rings is 2. The van der Waals surface area contributed by atoms with Crippen LogP contribution in [-0.4, -0.2) is 13.1 Å². The van der Waals surface area contributed by atoms with E-state index >= 15 is 0 Å². The molecule has 0 saturated carbocycles. The lowest BCUT2D eigenvalue weighted by molar-refractivity contribution is 0.529. The minimum absolute atomic E-state index is 0.733. The Balaban J connectivity index is 2.15. The minimum Gasteiger partial charge on any atom is -0.431 e. The van der Waals surface area contributed by atoms with Gasteiger partial charge in [0.1, 0.15) is 0 Å². The smallest absolute Gasteiger partial charge is 0.200 e. The van der Waals surface area contributed by atoms with E-state index in [1.807, 2.05) is 42.5 Å². The maximum atomic E-state index is 11.0. The normalized spacial score (nSPS) is 11.2. The highest BCUT2D eigenvalue weighted by molar-refractivity contribution is 6.71. The van der Waals surface area contributed by atoms with Gasteiger partial charge in [0.05, 0.1) is 0 Å². The summed E-state index contributed by atoms with van der Waals surface area (Å²) in [6.45, 7) is 3.80. The zero-order chi connectivity index (χ0) is 13.6. The lowest BCUT2D eigenvalue weighted by atomic mass is 10.2. The molecule has 1 N–H and O–H groups in total. The number of hydrogen-bond donors (Lipinski definition) is 1. The van der Waals surface area contributed by atoms with Crippen LogP contribution in [0.25, 0.3) is 0 Å². The molecule has 2 aromatic carbocycles. The molecule has 0 aromatic heterocycles. The topological polar surface area (TPSA) is 20.2 Å². The zero-order valence-corrected chi connectivity index (χ0v) is 12.1. The monoisotopic (exact) mass is 268 g/mol. The molecule has 0 aliphatic heterocycles. The molecule has 98 valence electrons. The van der Waals surface area contributed by atoms with Crippen LogP contribution in [0, 0.1) is 0 Å². The van der Waals surface area contributed by atoms with E-state index in [1.165, 1.54) is 11.1 Å². The van der Waals surface area contributed by atoms with Crippen molar-refractivity contribution in [1.82, 2.24) is 0 Å². The van der Waals surface area contributed by atoms with Crippen LogP contribution in [0.2, 0.25) is 6.04 Å². The van der Waals surface area contributed by atoms with Crippen molar-refractivity contribution in [3.8, 4) is 0 Å². The van der Waals surface area contributed by atoms with Gasteiger partial charge in [0.15, 0.2) is 0 Å². The quantitative estimate of drug-likeness (QED) is 0.626. The first kappa shape index (κ1) is 13.8. The van der Waals surface area contributed by atoms with Crippen molar-refractivity contribution in [2.45, 2.75) is 18.1 Å². The maximum absolute atomic E-state index is 11.0. The molecule has 0 fully saturated rings. The summed E-state index contributed by atoms with van der Waals surface area (Å²) >= 11 is 0. The summed E-state index contributed by atoms with van der Waals surface area (Å²) in [6, 6.07) is 22.8. The molecule has 2 rings (SSSR count). The first-order valence-electron chi connectivity index (χ1n) is 6.63. The van der Waals surface area contributed by atoms with Crippen LogP contribution in [0.4, 0.5) is 0 Å². The third-order valence-corrected chi connectivity index (χ3v) is 6.46. The summed E-state index contributed by atoms with van der Waals surface area (Å²) in [6.07, 6.45) is 1.86. The van der Waals surface area contributed by atoms with E-state index in [4.69, 9.17) is 0 Å². The Kier molecular flexibility index (Phi) is 4.72. The van der Waals surface area contributed by atoms with E-state index in [2.05, 4.69) is 30.8 Å².